The lowest BCUT2D eigenvalue weighted by molar-refractivity contribution is -0.134. The van der Waals surface area contributed by atoms with Crippen molar-refractivity contribution in [3.63, 3.8) is 0 Å². The molecule has 1 aromatic rings. The molecule has 1 heterocycles. The van der Waals surface area contributed by atoms with Gasteiger partial charge in [0.05, 0.1) is 0 Å². The summed E-state index contributed by atoms with van der Waals surface area (Å²) < 4.78 is 19.8. The number of oxime groups is 1. The highest BCUT2D eigenvalue weighted by Gasteiger charge is 2.25. The maximum absolute atomic E-state index is 14.2. The second kappa shape index (κ2) is 20.2. The minimum absolute atomic E-state index is 0.250. The van der Waals surface area contributed by atoms with Gasteiger partial charge in [-0.3, -0.25) is 14.5 Å². The minimum atomic E-state index is -0.833. The van der Waals surface area contributed by atoms with Gasteiger partial charge in [0, 0.05) is 51.6 Å². The Morgan fingerprint density at radius 2 is 1.97 bits per heavy atom. The number of hydrogen-bond acceptors (Lipinski definition) is 8. The Morgan fingerprint density at radius 3 is 2.46 bits per heavy atom. The number of piperidine rings is 1. The van der Waals surface area contributed by atoms with Crippen LogP contribution in [0.2, 0.25) is 0 Å². The fraction of sp³-hybridized carbons (Fsp3) is 0.600. The summed E-state index contributed by atoms with van der Waals surface area (Å²) in [5.74, 6) is 0.463. The summed E-state index contributed by atoms with van der Waals surface area (Å²) in [5, 5.41) is 17.9. The second-order valence-corrected chi connectivity index (χ2v) is 9.47. The maximum atomic E-state index is 14.2. The molecule has 1 aromatic carbocycles. The SMILES string of the molecule is C=NOC(=NCC(C)C)N1CCC(N(C)CCOc2ccc(CSC)cc2F)CC1.CC(=O)O.O=CO. The maximum Gasteiger partial charge on any atom is 0.317 e. The number of hydrogen-bond donors (Lipinski definition) is 2. The van der Waals surface area contributed by atoms with E-state index in [1.807, 2.05) is 12.3 Å². The number of aliphatic imine (C=N–C) groups is 1. The standard InChI is InChI=1S/C22H35FN4O2S.C2H4O2.CH2O2/c1-17(2)15-25-22(29-24-3)27-10-8-19(9-11-27)26(4)12-13-28-21-7-6-18(16-30-5)14-20(21)23;1-2(3)4;2-1-3/h6-7,14,17,19H,3,8-13,15-16H2,1-2,4-5H3;1H3,(H,3,4);1H,(H,2,3). The first kappa shape index (κ1) is 34.1. The van der Waals surface area contributed by atoms with Gasteiger partial charge in [0.2, 0.25) is 0 Å². The van der Waals surface area contributed by atoms with E-state index >= 15 is 0 Å². The number of likely N-dealkylation sites (tertiary alicyclic amines) is 1. The molecule has 0 aromatic heterocycles. The molecular weight excluding hydrogens is 503 g/mol. The number of halogens is 1. The molecule has 210 valence electrons. The molecule has 0 amide bonds. The van der Waals surface area contributed by atoms with Gasteiger partial charge in [-0.15, -0.1) is 0 Å². The minimum Gasteiger partial charge on any atom is -0.489 e. The molecule has 0 radical (unpaired) electrons. The zero-order chi connectivity index (χ0) is 28.2. The molecule has 0 unspecified atom stereocenters. The van der Waals surface area contributed by atoms with Gasteiger partial charge >= 0.3 is 6.02 Å². The molecule has 1 aliphatic heterocycles. The van der Waals surface area contributed by atoms with Crippen molar-refractivity contribution in [2.24, 2.45) is 16.1 Å². The largest absolute Gasteiger partial charge is 0.489 e. The highest BCUT2D eigenvalue weighted by atomic mass is 32.2. The van der Waals surface area contributed by atoms with Gasteiger partial charge in [-0.1, -0.05) is 25.1 Å². The van der Waals surface area contributed by atoms with E-state index in [0.29, 0.717) is 36.9 Å². The molecule has 0 bridgehead atoms. The van der Waals surface area contributed by atoms with Gasteiger partial charge in [0.1, 0.15) is 6.61 Å². The lowest BCUT2D eigenvalue weighted by atomic mass is 10.0. The topological polar surface area (TPSA) is 124 Å². The zero-order valence-corrected chi connectivity index (χ0v) is 23.2. The second-order valence-electron chi connectivity index (χ2n) is 8.61. The van der Waals surface area contributed by atoms with Gasteiger partial charge in [-0.05, 0) is 49.8 Å². The number of carboxylic acid groups (broad SMARTS) is 2. The quantitative estimate of drug-likeness (QED) is 0.195. The molecule has 0 aliphatic carbocycles. The molecule has 0 atom stereocenters. The van der Waals surface area contributed by atoms with Gasteiger partial charge in [0.15, 0.2) is 11.6 Å². The van der Waals surface area contributed by atoms with Crippen molar-refractivity contribution < 1.29 is 33.8 Å². The monoisotopic (exact) mass is 544 g/mol. The van der Waals surface area contributed by atoms with Crippen molar-refractivity contribution in [1.82, 2.24) is 9.80 Å². The number of rotatable bonds is 10. The summed E-state index contributed by atoms with van der Waals surface area (Å²) in [4.78, 5) is 31.6. The number of thioether (sulfide) groups is 1. The Kier molecular flexibility index (Phi) is 18.7. The smallest absolute Gasteiger partial charge is 0.317 e. The van der Waals surface area contributed by atoms with Crippen LogP contribution >= 0.6 is 11.8 Å². The van der Waals surface area contributed by atoms with Crippen molar-refractivity contribution in [1.29, 1.82) is 0 Å². The van der Waals surface area contributed by atoms with Crippen LogP contribution in [0.5, 0.6) is 5.75 Å². The number of amidine groups is 1. The summed E-state index contributed by atoms with van der Waals surface area (Å²) in [6, 6.07) is 6.22. The number of benzene rings is 1. The van der Waals surface area contributed by atoms with E-state index in [4.69, 9.17) is 29.4 Å². The first-order chi connectivity index (χ1) is 17.6. The van der Waals surface area contributed by atoms with Gasteiger partial charge < -0.3 is 24.7 Å². The zero-order valence-electron chi connectivity index (χ0n) is 22.4. The van der Waals surface area contributed by atoms with Crippen LogP contribution in [0.15, 0.2) is 28.3 Å². The highest BCUT2D eigenvalue weighted by Crippen LogP contribution is 2.21. The van der Waals surface area contributed by atoms with Crippen molar-refractivity contribution >= 4 is 36.9 Å². The van der Waals surface area contributed by atoms with E-state index in [1.54, 1.807) is 23.9 Å². The first-order valence-electron chi connectivity index (χ1n) is 11.9. The number of ether oxygens (including phenoxy) is 1. The molecule has 1 fully saturated rings. The van der Waals surface area contributed by atoms with Gasteiger partial charge in [0.25, 0.3) is 12.4 Å². The normalized spacial score (nSPS) is 13.7. The Balaban J connectivity index is 0.00000165. The molecule has 0 spiro atoms. The predicted molar refractivity (Wildman–Crippen MR) is 146 cm³/mol. The summed E-state index contributed by atoms with van der Waals surface area (Å²) >= 11 is 1.67. The summed E-state index contributed by atoms with van der Waals surface area (Å²) in [6.45, 7) is 12.1. The number of nitrogens with zero attached hydrogens (tertiary/aromatic N) is 4. The number of carboxylic acids is 1. The van der Waals surface area contributed by atoms with E-state index in [-0.39, 0.29) is 12.3 Å². The Hall–Kier alpha value is -2.86. The van der Waals surface area contributed by atoms with Crippen molar-refractivity contribution in [2.75, 3.05) is 46.1 Å². The number of aliphatic carboxylic acids is 1. The van der Waals surface area contributed by atoms with Crippen molar-refractivity contribution in [3.8, 4) is 5.75 Å². The van der Waals surface area contributed by atoms with E-state index in [1.165, 1.54) is 0 Å². The molecule has 2 N–H and O–H groups in total. The molecular formula is C25H41FN4O6S. The molecule has 1 saturated heterocycles. The lowest BCUT2D eigenvalue weighted by Crippen LogP contribution is -2.46. The van der Waals surface area contributed by atoms with Crippen molar-refractivity contribution in [2.45, 2.75) is 45.4 Å². The fourth-order valence-electron chi connectivity index (χ4n) is 3.40. The van der Waals surface area contributed by atoms with Crippen LogP contribution in [0.1, 0.15) is 39.2 Å². The average molecular weight is 545 g/mol. The summed E-state index contributed by atoms with van der Waals surface area (Å²) in [5.41, 5.74) is 0.975. The van der Waals surface area contributed by atoms with Gasteiger partial charge in [-0.2, -0.15) is 11.8 Å². The van der Waals surface area contributed by atoms with Crippen LogP contribution in [-0.2, 0) is 20.2 Å². The van der Waals surface area contributed by atoms with Crippen LogP contribution in [0.3, 0.4) is 0 Å². The number of likely N-dealkylation sites (N-methyl/N-ethyl adjacent to an activating group) is 1. The Morgan fingerprint density at radius 1 is 1.38 bits per heavy atom. The van der Waals surface area contributed by atoms with Crippen LogP contribution < -0.4 is 4.74 Å². The van der Waals surface area contributed by atoms with E-state index < -0.39 is 5.97 Å². The van der Waals surface area contributed by atoms with E-state index in [2.05, 4.69) is 47.6 Å². The molecule has 37 heavy (non-hydrogen) atoms. The summed E-state index contributed by atoms with van der Waals surface area (Å²) in [6.07, 6.45) is 4.00. The first-order valence-corrected chi connectivity index (χ1v) is 13.3. The third-order valence-electron chi connectivity index (χ3n) is 5.11. The lowest BCUT2D eigenvalue weighted by Gasteiger charge is -2.37. The van der Waals surface area contributed by atoms with E-state index in [9.17, 15) is 4.39 Å². The van der Waals surface area contributed by atoms with Crippen LogP contribution in [0, 0.1) is 11.7 Å². The Bertz CT molecular complexity index is 831. The summed E-state index contributed by atoms with van der Waals surface area (Å²) in [7, 11) is 2.09. The molecule has 1 aliphatic rings. The van der Waals surface area contributed by atoms with Crippen LogP contribution in [-0.4, -0.2) is 97.3 Å². The predicted octanol–water partition coefficient (Wildman–Crippen LogP) is 3.90. The molecule has 12 heteroatoms. The Labute approximate surface area is 223 Å². The van der Waals surface area contributed by atoms with Crippen LogP contribution in [0.25, 0.3) is 0 Å². The third kappa shape index (κ3) is 15.8. The van der Waals surface area contributed by atoms with Gasteiger partial charge in [-0.25, -0.2) is 9.38 Å². The number of carbonyl (C=O) groups is 2. The van der Waals surface area contributed by atoms with Crippen molar-refractivity contribution in [3.05, 3.63) is 29.6 Å². The highest BCUT2D eigenvalue weighted by molar-refractivity contribution is 7.97. The molecule has 0 saturated carbocycles. The third-order valence-corrected chi connectivity index (χ3v) is 5.73. The molecule has 10 nitrogen and oxygen atoms in total. The van der Waals surface area contributed by atoms with Crippen LogP contribution in [0.4, 0.5) is 4.39 Å². The average Bonchev–Trinajstić information content (AvgIpc) is 2.83. The molecule has 2 rings (SSSR count). The van der Waals surface area contributed by atoms with E-state index in [0.717, 1.165) is 50.7 Å². The fourth-order valence-corrected chi connectivity index (χ4v) is 3.92.